The van der Waals surface area contributed by atoms with E-state index in [0.717, 1.165) is 65.9 Å². The molecule has 5 aromatic carbocycles. The summed E-state index contributed by atoms with van der Waals surface area (Å²) < 4.78 is 0. The second-order valence-corrected chi connectivity index (χ2v) is 18.4. The normalized spacial score (nSPS) is 13.9. The van der Waals surface area contributed by atoms with Crippen LogP contribution in [0.5, 0.6) is 0 Å². The van der Waals surface area contributed by atoms with E-state index in [-0.39, 0.29) is 10.8 Å². The van der Waals surface area contributed by atoms with Crippen LogP contribution in [0.1, 0.15) is 78.6 Å². The highest BCUT2D eigenvalue weighted by Crippen LogP contribution is 2.50. The van der Waals surface area contributed by atoms with Crippen LogP contribution < -0.4 is 0 Å². The first kappa shape index (κ1) is 40.0. The molecule has 61 heavy (non-hydrogen) atoms. The molecule has 3 heteroatoms. The maximum atomic E-state index is 5.09. The number of nitrogens with zero attached hydrogens (tertiary/aromatic N) is 3. The molecular weight excluding hydrogens is 739 g/mol. The summed E-state index contributed by atoms with van der Waals surface area (Å²) >= 11 is 0. The molecular formula is C58H55N3. The standard InChI is InChI=1S/C58H55N3/c1-39-29-55(43-15-9-7-10-16-43)60-35-46(39)23-21-41-31-42(22-24-47-36-61-56(30-40(47)2)44-17-11-8-12-18-44)33-49(32-41)51-20-14-13-19-50(51)48-26-28-54(59-37-48)45-25-27-52-53(34-45)58(5,6)38-57(52,3)4/h7-20,25-37H,21-24,38H2,1-6H3. The first-order valence-electron chi connectivity index (χ1n) is 21.9. The molecule has 0 amide bonds. The Morgan fingerprint density at radius 3 is 1.41 bits per heavy atom. The van der Waals surface area contributed by atoms with Crippen LogP contribution >= 0.6 is 0 Å². The number of fused-ring (bicyclic) bond motifs is 1. The third-order valence-corrected chi connectivity index (χ3v) is 13.0. The minimum absolute atomic E-state index is 0.145. The molecule has 0 atom stereocenters. The van der Waals surface area contributed by atoms with Gasteiger partial charge in [0.15, 0.2) is 0 Å². The minimum atomic E-state index is 0.145. The Kier molecular flexibility index (Phi) is 10.8. The van der Waals surface area contributed by atoms with Crippen molar-refractivity contribution in [1.29, 1.82) is 0 Å². The van der Waals surface area contributed by atoms with E-state index >= 15 is 0 Å². The van der Waals surface area contributed by atoms with Crippen LogP contribution in [0.4, 0.5) is 0 Å². The van der Waals surface area contributed by atoms with Gasteiger partial charge in [0.1, 0.15) is 0 Å². The summed E-state index contributed by atoms with van der Waals surface area (Å²) in [6, 6.07) is 52.8. The number of benzene rings is 5. The van der Waals surface area contributed by atoms with Gasteiger partial charge in [0.25, 0.3) is 0 Å². The van der Waals surface area contributed by atoms with Gasteiger partial charge in [-0.15, -0.1) is 0 Å². The number of aromatic nitrogens is 3. The average molecular weight is 794 g/mol. The molecule has 3 heterocycles. The summed E-state index contributed by atoms with van der Waals surface area (Å²) in [5, 5.41) is 0. The average Bonchev–Trinajstić information content (AvgIpc) is 3.47. The molecule has 0 unspecified atom stereocenters. The lowest BCUT2D eigenvalue weighted by Gasteiger charge is -2.22. The fraction of sp³-hybridized carbons (Fsp3) is 0.224. The number of aryl methyl sites for hydroxylation is 6. The van der Waals surface area contributed by atoms with Crippen molar-refractivity contribution < 1.29 is 0 Å². The molecule has 3 aromatic heterocycles. The van der Waals surface area contributed by atoms with Crippen molar-refractivity contribution in [3.05, 3.63) is 209 Å². The van der Waals surface area contributed by atoms with Crippen molar-refractivity contribution in [2.45, 2.75) is 84.5 Å². The topological polar surface area (TPSA) is 38.7 Å². The van der Waals surface area contributed by atoms with Gasteiger partial charge >= 0.3 is 0 Å². The Hall–Kier alpha value is -6.45. The van der Waals surface area contributed by atoms with E-state index < -0.39 is 0 Å². The predicted octanol–water partition coefficient (Wildman–Crippen LogP) is 14.4. The lowest BCUT2D eigenvalue weighted by Crippen LogP contribution is -2.17. The van der Waals surface area contributed by atoms with Crippen LogP contribution in [0, 0.1) is 13.8 Å². The van der Waals surface area contributed by atoms with Gasteiger partial charge in [-0.25, -0.2) is 0 Å². The van der Waals surface area contributed by atoms with Crippen molar-refractivity contribution in [3.63, 3.8) is 0 Å². The van der Waals surface area contributed by atoms with Crippen molar-refractivity contribution >= 4 is 0 Å². The van der Waals surface area contributed by atoms with Gasteiger partial charge in [-0.1, -0.05) is 149 Å². The first-order valence-corrected chi connectivity index (χ1v) is 21.9. The summed E-state index contributed by atoms with van der Waals surface area (Å²) in [4.78, 5) is 14.9. The fourth-order valence-electron chi connectivity index (χ4n) is 9.85. The number of pyridine rings is 3. The lowest BCUT2D eigenvalue weighted by atomic mass is 9.82. The van der Waals surface area contributed by atoms with E-state index in [1.807, 2.05) is 0 Å². The Balaban J connectivity index is 1.02. The maximum Gasteiger partial charge on any atom is 0.0704 e. The Labute approximate surface area is 362 Å². The summed E-state index contributed by atoms with van der Waals surface area (Å²) in [6.45, 7) is 13.9. The molecule has 302 valence electrons. The minimum Gasteiger partial charge on any atom is -0.256 e. The van der Waals surface area contributed by atoms with Crippen LogP contribution in [-0.4, -0.2) is 15.0 Å². The highest BCUT2D eigenvalue weighted by molar-refractivity contribution is 5.84. The van der Waals surface area contributed by atoms with Gasteiger partial charge in [-0.05, 0) is 142 Å². The molecule has 1 aliphatic carbocycles. The third-order valence-electron chi connectivity index (χ3n) is 13.0. The van der Waals surface area contributed by atoms with E-state index in [1.165, 1.54) is 66.8 Å². The molecule has 0 saturated heterocycles. The largest absolute Gasteiger partial charge is 0.256 e. The molecule has 8 aromatic rings. The van der Waals surface area contributed by atoms with Crippen molar-refractivity contribution in [2.75, 3.05) is 0 Å². The zero-order valence-corrected chi connectivity index (χ0v) is 36.5. The SMILES string of the molecule is Cc1cc(-c2ccccc2)ncc1CCc1cc(CCc2cnc(-c3ccccc3)cc2C)cc(-c2ccccc2-c2ccc(-c3ccc4c(c3)C(C)(C)CC4(C)C)nc2)c1. The van der Waals surface area contributed by atoms with E-state index in [2.05, 4.69) is 206 Å². The van der Waals surface area contributed by atoms with E-state index in [4.69, 9.17) is 15.0 Å². The second-order valence-electron chi connectivity index (χ2n) is 18.4. The highest BCUT2D eigenvalue weighted by atomic mass is 14.7. The van der Waals surface area contributed by atoms with Gasteiger partial charge in [0, 0.05) is 40.8 Å². The highest BCUT2D eigenvalue weighted by Gasteiger charge is 2.41. The van der Waals surface area contributed by atoms with Crippen molar-refractivity contribution in [3.8, 4) is 56.0 Å². The van der Waals surface area contributed by atoms with Gasteiger partial charge in [0.2, 0.25) is 0 Å². The van der Waals surface area contributed by atoms with Gasteiger partial charge in [-0.3, -0.25) is 15.0 Å². The summed E-state index contributed by atoms with van der Waals surface area (Å²) in [6.07, 6.45) is 11.1. The molecule has 1 aliphatic rings. The van der Waals surface area contributed by atoms with Crippen LogP contribution in [0.2, 0.25) is 0 Å². The zero-order valence-electron chi connectivity index (χ0n) is 36.5. The Morgan fingerprint density at radius 1 is 0.393 bits per heavy atom. The van der Waals surface area contributed by atoms with Crippen molar-refractivity contribution in [1.82, 2.24) is 15.0 Å². The molecule has 3 nitrogen and oxygen atoms in total. The fourth-order valence-corrected chi connectivity index (χ4v) is 9.85. The van der Waals surface area contributed by atoms with Gasteiger partial charge in [-0.2, -0.15) is 0 Å². The molecule has 0 bridgehead atoms. The predicted molar refractivity (Wildman–Crippen MR) is 255 cm³/mol. The Bertz CT molecular complexity index is 2720. The summed E-state index contributed by atoms with van der Waals surface area (Å²) in [5.41, 5.74) is 22.3. The van der Waals surface area contributed by atoms with Crippen LogP contribution in [0.15, 0.2) is 164 Å². The molecule has 0 spiro atoms. The number of hydrogen-bond donors (Lipinski definition) is 0. The van der Waals surface area contributed by atoms with Crippen LogP contribution in [0.25, 0.3) is 56.0 Å². The van der Waals surface area contributed by atoms with Gasteiger partial charge < -0.3 is 0 Å². The zero-order chi connectivity index (χ0) is 42.1. The molecule has 0 aliphatic heterocycles. The monoisotopic (exact) mass is 793 g/mol. The second kappa shape index (κ2) is 16.5. The van der Waals surface area contributed by atoms with Crippen LogP contribution in [0.3, 0.4) is 0 Å². The van der Waals surface area contributed by atoms with E-state index in [0.29, 0.717) is 0 Å². The van der Waals surface area contributed by atoms with Crippen LogP contribution in [-0.2, 0) is 36.5 Å². The number of rotatable bonds is 11. The van der Waals surface area contributed by atoms with Gasteiger partial charge in [0.05, 0.1) is 17.1 Å². The van der Waals surface area contributed by atoms with E-state index in [1.54, 1.807) is 0 Å². The molecule has 0 N–H and O–H groups in total. The van der Waals surface area contributed by atoms with E-state index in [9.17, 15) is 0 Å². The number of hydrogen-bond acceptors (Lipinski definition) is 3. The molecule has 0 saturated carbocycles. The lowest BCUT2D eigenvalue weighted by molar-refractivity contribution is 0.403. The third kappa shape index (κ3) is 8.48. The molecule has 0 radical (unpaired) electrons. The summed E-state index contributed by atoms with van der Waals surface area (Å²) in [5.74, 6) is 0. The molecule has 0 fully saturated rings. The quantitative estimate of drug-likeness (QED) is 0.131. The molecule has 9 rings (SSSR count). The smallest absolute Gasteiger partial charge is 0.0704 e. The maximum absolute atomic E-state index is 5.09. The first-order chi connectivity index (χ1) is 29.5. The van der Waals surface area contributed by atoms with Crippen molar-refractivity contribution in [2.24, 2.45) is 0 Å². The Morgan fingerprint density at radius 2 is 0.885 bits per heavy atom. The summed E-state index contributed by atoms with van der Waals surface area (Å²) in [7, 11) is 0.